The average Bonchev–Trinajstić information content (AvgIpc) is 2.94. The highest BCUT2D eigenvalue weighted by Gasteiger charge is 2.14. The molecule has 2 rings (SSSR count). The first-order chi connectivity index (χ1) is 10.0. The minimum absolute atomic E-state index is 0.0797. The maximum atomic E-state index is 11.7. The average molecular weight is 327 g/mol. The summed E-state index contributed by atoms with van der Waals surface area (Å²) in [5.41, 5.74) is 1.63. The fourth-order valence-electron chi connectivity index (χ4n) is 1.70. The molecule has 21 heavy (non-hydrogen) atoms. The smallest absolute Gasteiger partial charge is 0.340 e. The molecule has 2 aromatic rings. The molecule has 8 heteroatoms. The molecule has 0 saturated carbocycles. The summed E-state index contributed by atoms with van der Waals surface area (Å²) in [6.45, 7) is 0.357. The third-order valence-electron chi connectivity index (χ3n) is 2.69. The number of nitrogens with zero attached hydrogens (tertiary/aromatic N) is 1. The highest BCUT2D eigenvalue weighted by atomic mass is 35.5. The Morgan fingerprint density at radius 3 is 2.86 bits per heavy atom. The van der Waals surface area contributed by atoms with Crippen LogP contribution in [-0.2, 0) is 11.3 Å². The Balaban J connectivity index is 2.15. The zero-order valence-electron chi connectivity index (χ0n) is 11.0. The number of thiophene rings is 1. The lowest BCUT2D eigenvalue weighted by atomic mass is 10.1. The Hall–Kier alpha value is -2.12. The number of halogens is 1. The molecule has 1 heterocycles. The van der Waals surface area contributed by atoms with Crippen molar-refractivity contribution in [2.75, 3.05) is 12.4 Å². The molecular formula is C13H11ClN2O4S. The lowest BCUT2D eigenvalue weighted by molar-refractivity contribution is -0.380. The lowest BCUT2D eigenvalue weighted by Gasteiger charge is -2.10. The second kappa shape index (κ2) is 6.55. The molecule has 0 unspecified atom stereocenters. The Morgan fingerprint density at radius 2 is 2.24 bits per heavy atom. The molecule has 0 amide bonds. The highest BCUT2D eigenvalue weighted by Crippen LogP contribution is 2.25. The van der Waals surface area contributed by atoms with Gasteiger partial charge in [0.2, 0.25) is 0 Å². The van der Waals surface area contributed by atoms with Crippen LogP contribution < -0.4 is 5.32 Å². The van der Waals surface area contributed by atoms with E-state index in [-0.39, 0.29) is 5.00 Å². The Kier molecular flexibility index (Phi) is 4.77. The van der Waals surface area contributed by atoms with Crippen LogP contribution in [-0.4, -0.2) is 18.0 Å². The van der Waals surface area contributed by atoms with Crippen molar-refractivity contribution >= 4 is 39.6 Å². The number of carbonyl (C=O) groups is 1. The highest BCUT2D eigenvalue weighted by molar-refractivity contribution is 7.13. The molecule has 1 N–H and O–H groups in total. The second-order valence-electron chi connectivity index (χ2n) is 4.09. The van der Waals surface area contributed by atoms with Crippen LogP contribution in [0.15, 0.2) is 29.6 Å². The molecule has 1 aromatic heterocycles. The number of benzene rings is 1. The zero-order chi connectivity index (χ0) is 15.4. The summed E-state index contributed by atoms with van der Waals surface area (Å²) in [5, 5.41) is 15.9. The van der Waals surface area contributed by atoms with Gasteiger partial charge in [0, 0.05) is 28.7 Å². The van der Waals surface area contributed by atoms with Crippen LogP contribution in [0.1, 0.15) is 15.9 Å². The first-order valence-electron chi connectivity index (χ1n) is 5.85. The molecular weight excluding hydrogens is 316 g/mol. The van der Waals surface area contributed by atoms with Gasteiger partial charge in [-0.1, -0.05) is 22.9 Å². The van der Waals surface area contributed by atoms with Gasteiger partial charge in [-0.05, 0) is 23.8 Å². The van der Waals surface area contributed by atoms with E-state index >= 15 is 0 Å². The van der Waals surface area contributed by atoms with Crippen molar-refractivity contribution in [3.05, 3.63) is 55.9 Å². The van der Waals surface area contributed by atoms with Gasteiger partial charge in [-0.3, -0.25) is 10.1 Å². The van der Waals surface area contributed by atoms with Crippen LogP contribution in [0.2, 0.25) is 5.02 Å². The number of rotatable bonds is 5. The van der Waals surface area contributed by atoms with E-state index in [1.54, 1.807) is 17.5 Å². The van der Waals surface area contributed by atoms with Crippen LogP contribution in [0.4, 0.5) is 10.7 Å². The van der Waals surface area contributed by atoms with E-state index < -0.39 is 10.9 Å². The minimum atomic E-state index is -0.503. The number of nitro groups is 1. The van der Waals surface area contributed by atoms with Crippen LogP contribution in [0, 0.1) is 10.1 Å². The van der Waals surface area contributed by atoms with E-state index in [1.165, 1.54) is 19.2 Å². The number of nitrogens with one attached hydrogen (secondary N) is 1. The first-order valence-corrected chi connectivity index (χ1v) is 7.10. The normalized spacial score (nSPS) is 10.2. The molecule has 0 saturated heterocycles. The second-order valence-corrected chi connectivity index (χ2v) is 5.41. The van der Waals surface area contributed by atoms with Crippen LogP contribution >= 0.6 is 22.9 Å². The van der Waals surface area contributed by atoms with E-state index in [2.05, 4.69) is 5.32 Å². The first kappa shape index (κ1) is 15.3. The summed E-state index contributed by atoms with van der Waals surface area (Å²) in [6.07, 6.45) is 0. The summed E-state index contributed by atoms with van der Waals surface area (Å²) in [5.74, 6) is -0.503. The predicted molar refractivity (Wildman–Crippen MR) is 81.1 cm³/mol. The quantitative estimate of drug-likeness (QED) is 0.514. The number of anilines is 1. The standard InChI is InChI=1S/C13H11ClN2O4S/c1-20-13(17)10-5-9(14)2-3-11(10)15-6-8-4-12(16(18)19)21-7-8/h2-5,7,15H,6H2,1H3. The zero-order valence-corrected chi connectivity index (χ0v) is 12.5. The summed E-state index contributed by atoms with van der Waals surface area (Å²) in [6, 6.07) is 6.30. The van der Waals surface area contributed by atoms with Crippen molar-refractivity contribution in [3.8, 4) is 0 Å². The van der Waals surface area contributed by atoms with E-state index in [9.17, 15) is 14.9 Å². The SMILES string of the molecule is COC(=O)c1cc(Cl)ccc1NCc1csc([N+](=O)[O-])c1. The van der Waals surface area contributed by atoms with Crippen molar-refractivity contribution < 1.29 is 14.5 Å². The Morgan fingerprint density at radius 1 is 1.48 bits per heavy atom. The number of ether oxygens (including phenoxy) is 1. The fraction of sp³-hybridized carbons (Fsp3) is 0.154. The molecule has 0 fully saturated rings. The maximum absolute atomic E-state index is 11.7. The van der Waals surface area contributed by atoms with E-state index in [4.69, 9.17) is 16.3 Å². The Labute approximate surface area is 129 Å². The van der Waals surface area contributed by atoms with Crippen molar-refractivity contribution in [1.29, 1.82) is 0 Å². The van der Waals surface area contributed by atoms with Gasteiger partial charge in [0.1, 0.15) is 0 Å². The molecule has 0 spiro atoms. The fourth-order valence-corrected chi connectivity index (χ4v) is 2.60. The van der Waals surface area contributed by atoms with Crippen molar-refractivity contribution in [2.24, 2.45) is 0 Å². The van der Waals surface area contributed by atoms with Gasteiger partial charge >= 0.3 is 11.0 Å². The molecule has 0 aliphatic heterocycles. The molecule has 6 nitrogen and oxygen atoms in total. The summed E-state index contributed by atoms with van der Waals surface area (Å²) < 4.78 is 4.69. The van der Waals surface area contributed by atoms with Gasteiger partial charge in [-0.15, -0.1) is 0 Å². The number of hydrogen-bond acceptors (Lipinski definition) is 6. The van der Waals surface area contributed by atoms with Crippen molar-refractivity contribution in [2.45, 2.75) is 6.54 Å². The van der Waals surface area contributed by atoms with Crippen molar-refractivity contribution in [1.82, 2.24) is 0 Å². The van der Waals surface area contributed by atoms with E-state index in [0.717, 1.165) is 16.9 Å². The van der Waals surface area contributed by atoms with E-state index in [1.807, 2.05) is 0 Å². The molecule has 0 atom stereocenters. The molecule has 0 radical (unpaired) electrons. The molecule has 0 aliphatic carbocycles. The van der Waals surface area contributed by atoms with Gasteiger partial charge < -0.3 is 10.1 Å². The molecule has 1 aromatic carbocycles. The largest absolute Gasteiger partial charge is 0.465 e. The van der Waals surface area contributed by atoms with Crippen LogP contribution in [0.5, 0.6) is 0 Å². The molecule has 110 valence electrons. The minimum Gasteiger partial charge on any atom is -0.465 e. The predicted octanol–water partition coefficient (Wildman–Crippen LogP) is 3.71. The monoisotopic (exact) mass is 326 g/mol. The van der Waals surface area contributed by atoms with E-state index in [0.29, 0.717) is 22.8 Å². The number of esters is 1. The molecule has 0 aliphatic rings. The summed E-state index contributed by atoms with van der Waals surface area (Å²) >= 11 is 6.92. The lowest BCUT2D eigenvalue weighted by Crippen LogP contribution is -2.08. The van der Waals surface area contributed by atoms with Gasteiger partial charge in [0.25, 0.3) is 0 Å². The topological polar surface area (TPSA) is 81.5 Å². The number of hydrogen-bond donors (Lipinski definition) is 1. The van der Waals surface area contributed by atoms with Crippen LogP contribution in [0.25, 0.3) is 0 Å². The Bertz CT molecular complexity index is 687. The third-order valence-corrected chi connectivity index (χ3v) is 3.85. The third kappa shape index (κ3) is 3.71. The van der Waals surface area contributed by atoms with Gasteiger partial charge in [0.05, 0.1) is 17.6 Å². The van der Waals surface area contributed by atoms with Gasteiger partial charge in [0.15, 0.2) is 0 Å². The molecule has 0 bridgehead atoms. The summed E-state index contributed by atoms with van der Waals surface area (Å²) in [4.78, 5) is 21.9. The van der Waals surface area contributed by atoms with Crippen LogP contribution in [0.3, 0.4) is 0 Å². The number of methoxy groups -OCH3 is 1. The maximum Gasteiger partial charge on any atom is 0.340 e. The number of carbonyl (C=O) groups excluding carboxylic acids is 1. The van der Waals surface area contributed by atoms with Crippen molar-refractivity contribution in [3.63, 3.8) is 0 Å². The van der Waals surface area contributed by atoms with Gasteiger partial charge in [-0.2, -0.15) is 0 Å². The van der Waals surface area contributed by atoms with Gasteiger partial charge in [-0.25, -0.2) is 4.79 Å². The summed E-state index contributed by atoms with van der Waals surface area (Å²) in [7, 11) is 1.29.